The van der Waals surface area contributed by atoms with Crippen molar-refractivity contribution in [1.29, 1.82) is 0 Å². The van der Waals surface area contributed by atoms with Crippen LogP contribution >= 0.6 is 0 Å². The lowest BCUT2D eigenvalue weighted by atomic mass is 9.89. The number of amides is 2. The van der Waals surface area contributed by atoms with Gasteiger partial charge in [0.25, 0.3) is 0 Å². The molecule has 1 heterocycles. The summed E-state index contributed by atoms with van der Waals surface area (Å²) in [4.78, 5) is 24.0. The van der Waals surface area contributed by atoms with Gasteiger partial charge in [0.05, 0.1) is 12.2 Å². The predicted octanol–water partition coefficient (Wildman–Crippen LogP) is 3.73. The zero-order valence-electron chi connectivity index (χ0n) is 17.1. The van der Waals surface area contributed by atoms with Crippen molar-refractivity contribution >= 4 is 17.7 Å². The van der Waals surface area contributed by atoms with Gasteiger partial charge in [-0.1, -0.05) is 18.2 Å². The van der Waals surface area contributed by atoms with E-state index in [1.807, 2.05) is 12.1 Å². The molecule has 2 aromatic rings. The third-order valence-electron chi connectivity index (χ3n) is 5.20. The molecule has 3 rings (SSSR count). The first kappa shape index (κ1) is 21.8. The highest BCUT2D eigenvalue weighted by atomic mass is 19.1. The number of ether oxygens (including phenoxy) is 1. The number of urea groups is 1. The molecule has 0 aromatic heterocycles. The van der Waals surface area contributed by atoms with Crippen LogP contribution in [-0.4, -0.2) is 37.7 Å². The molecule has 0 unspecified atom stereocenters. The zero-order valence-corrected chi connectivity index (χ0v) is 17.1. The summed E-state index contributed by atoms with van der Waals surface area (Å²) in [6.07, 6.45) is 2.94. The molecule has 3 N–H and O–H groups in total. The summed E-state index contributed by atoms with van der Waals surface area (Å²) < 4.78 is 18.0. The van der Waals surface area contributed by atoms with Gasteiger partial charge in [0.2, 0.25) is 0 Å². The van der Waals surface area contributed by atoms with Gasteiger partial charge in [0.15, 0.2) is 0 Å². The zero-order chi connectivity index (χ0) is 21.3. The highest BCUT2D eigenvalue weighted by Gasteiger charge is 2.21. The van der Waals surface area contributed by atoms with Gasteiger partial charge in [-0.05, 0) is 74.5 Å². The van der Waals surface area contributed by atoms with Crippen molar-refractivity contribution in [2.24, 2.45) is 5.92 Å². The number of hydrogen-bond acceptors (Lipinski definition) is 4. The van der Waals surface area contributed by atoms with Gasteiger partial charge in [0.1, 0.15) is 5.82 Å². The summed E-state index contributed by atoms with van der Waals surface area (Å²) in [6.45, 7) is 3.44. The van der Waals surface area contributed by atoms with Crippen LogP contribution < -0.4 is 16.0 Å². The maximum atomic E-state index is 13.0. The number of anilines is 1. The van der Waals surface area contributed by atoms with Crippen molar-refractivity contribution in [3.05, 3.63) is 65.5 Å². The van der Waals surface area contributed by atoms with Gasteiger partial charge < -0.3 is 20.7 Å². The van der Waals surface area contributed by atoms with Crippen LogP contribution in [0, 0.1) is 11.7 Å². The third-order valence-corrected chi connectivity index (χ3v) is 5.20. The van der Waals surface area contributed by atoms with Crippen LogP contribution in [0.15, 0.2) is 48.5 Å². The van der Waals surface area contributed by atoms with Crippen LogP contribution in [0.1, 0.15) is 35.7 Å². The molecule has 0 saturated carbocycles. The smallest absolute Gasteiger partial charge is 0.338 e. The van der Waals surface area contributed by atoms with E-state index in [9.17, 15) is 14.0 Å². The Labute approximate surface area is 176 Å². The van der Waals surface area contributed by atoms with Crippen LogP contribution in [0.5, 0.6) is 0 Å². The Morgan fingerprint density at radius 3 is 2.67 bits per heavy atom. The predicted molar refractivity (Wildman–Crippen MR) is 114 cm³/mol. The first-order chi connectivity index (χ1) is 14.5. The Hall–Kier alpha value is -2.93. The molecule has 1 aliphatic heterocycles. The Bertz CT molecular complexity index is 849. The SMILES string of the molecule is CCOC(=O)c1cccc(NC(=O)NC[C@@H]2CC[C@@H](Cc3ccc(F)cc3)CN2)c1. The van der Waals surface area contributed by atoms with Crippen molar-refractivity contribution < 1.29 is 18.7 Å². The molecule has 1 fully saturated rings. The number of nitrogens with one attached hydrogen (secondary N) is 3. The van der Waals surface area contributed by atoms with Crippen LogP contribution in [0.25, 0.3) is 0 Å². The molecular weight excluding hydrogens is 385 g/mol. The number of rotatable bonds is 7. The Balaban J connectivity index is 1.39. The second kappa shape index (κ2) is 10.7. The number of halogens is 1. The number of carbonyl (C=O) groups is 2. The van der Waals surface area contributed by atoms with E-state index in [1.165, 1.54) is 12.1 Å². The van der Waals surface area contributed by atoms with E-state index in [0.717, 1.165) is 31.4 Å². The maximum Gasteiger partial charge on any atom is 0.338 e. The van der Waals surface area contributed by atoms with Crippen molar-refractivity contribution in [1.82, 2.24) is 10.6 Å². The number of carbonyl (C=O) groups excluding carboxylic acids is 2. The van der Waals surface area contributed by atoms with E-state index < -0.39 is 5.97 Å². The second-order valence-electron chi connectivity index (χ2n) is 7.52. The van der Waals surface area contributed by atoms with Gasteiger partial charge in [-0.25, -0.2) is 14.0 Å². The summed E-state index contributed by atoms with van der Waals surface area (Å²) >= 11 is 0. The molecule has 30 heavy (non-hydrogen) atoms. The highest BCUT2D eigenvalue weighted by molar-refractivity contribution is 5.93. The number of piperidine rings is 1. The molecule has 2 atom stereocenters. The molecule has 0 aliphatic carbocycles. The first-order valence-corrected chi connectivity index (χ1v) is 10.3. The van der Waals surface area contributed by atoms with Crippen molar-refractivity contribution in [3.8, 4) is 0 Å². The Kier molecular flexibility index (Phi) is 7.79. The highest BCUT2D eigenvalue weighted by Crippen LogP contribution is 2.19. The fourth-order valence-corrected chi connectivity index (χ4v) is 3.61. The van der Waals surface area contributed by atoms with Gasteiger partial charge in [-0.3, -0.25) is 0 Å². The minimum Gasteiger partial charge on any atom is -0.462 e. The molecule has 1 saturated heterocycles. The quantitative estimate of drug-likeness (QED) is 0.605. The maximum absolute atomic E-state index is 13.0. The normalized spacial score (nSPS) is 18.5. The standard InChI is InChI=1S/C23H28FN3O3/c1-2-30-22(28)18-4-3-5-20(13-18)27-23(29)26-15-21-11-8-17(14-25-21)12-16-6-9-19(24)10-7-16/h3-7,9-10,13,17,21,25H,2,8,11-12,14-15H2,1H3,(H2,26,27,29)/t17-,21-/m0/s1. The third kappa shape index (κ3) is 6.56. The lowest BCUT2D eigenvalue weighted by Gasteiger charge is -2.30. The average molecular weight is 413 g/mol. The molecule has 7 heteroatoms. The molecular formula is C23H28FN3O3. The van der Waals surface area contributed by atoms with Crippen LogP contribution in [0.2, 0.25) is 0 Å². The average Bonchev–Trinajstić information content (AvgIpc) is 2.75. The van der Waals surface area contributed by atoms with Crippen molar-refractivity contribution in [2.45, 2.75) is 32.2 Å². The minimum atomic E-state index is -0.414. The van der Waals surface area contributed by atoms with Crippen LogP contribution in [0.4, 0.5) is 14.9 Å². The van der Waals surface area contributed by atoms with Crippen LogP contribution in [-0.2, 0) is 11.2 Å². The molecule has 0 spiro atoms. The molecule has 0 bridgehead atoms. The number of benzene rings is 2. The molecule has 2 aromatic carbocycles. The summed E-state index contributed by atoms with van der Waals surface area (Å²) in [5, 5.41) is 9.10. The van der Waals surface area contributed by atoms with Gasteiger partial charge in [0, 0.05) is 18.3 Å². The van der Waals surface area contributed by atoms with E-state index in [-0.39, 0.29) is 17.9 Å². The van der Waals surface area contributed by atoms with Crippen molar-refractivity contribution in [2.75, 3.05) is 25.0 Å². The van der Waals surface area contributed by atoms with E-state index in [2.05, 4.69) is 16.0 Å². The number of hydrogen-bond donors (Lipinski definition) is 3. The van der Waals surface area contributed by atoms with E-state index in [0.29, 0.717) is 30.3 Å². The molecule has 0 radical (unpaired) electrons. The van der Waals surface area contributed by atoms with E-state index >= 15 is 0 Å². The molecule has 1 aliphatic rings. The first-order valence-electron chi connectivity index (χ1n) is 10.3. The minimum absolute atomic E-state index is 0.211. The van der Waals surface area contributed by atoms with Crippen molar-refractivity contribution in [3.63, 3.8) is 0 Å². The monoisotopic (exact) mass is 413 g/mol. The molecule has 2 amide bonds. The fraction of sp³-hybridized carbons (Fsp3) is 0.391. The Morgan fingerprint density at radius 1 is 1.17 bits per heavy atom. The lowest BCUT2D eigenvalue weighted by molar-refractivity contribution is 0.0526. The topological polar surface area (TPSA) is 79.5 Å². The second-order valence-corrected chi connectivity index (χ2v) is 7.52. The summed E-state index contributed by atoms with van der Waals surface area (Å²) in [6, 6.07) is 13.2. The van der Waals surface area contributed by atoms with E-state index in [1.54, 1.807) is 31.2 Å². The Morgan fingerprint density at radius 2 is 1.97 bits per heavy atom. The van der Waals surface area contributed by atoms with E-state index in [4.69, 9.17) is 4.74 Å². The van der Waals surface area contributed by atoms with Crippen LogP contribution in [0.3, 0.4) is 0 Å². The molecule has 160 valence electrons. The molecule has 6 nitrogen and oxygen atoms in total. The summed E-state index contributed by atoms with van der Waals surface area (Å²) in [7, 11) is 0. The lowest BCUT2D eigenvalue weighted by Crippen LogP contribution is -2.47. The summed E-state index contributed by atoms with van der Waals surface area (Å²) in [5.41, 5.74) is 2.08. The number of esters is 1. The largest absolute Gasteiger partial charge is 0.462 e. The van der Waals surface area contributed by atoms with Gasteiger partial charge in [-0.15, -0.1) is 0 Å². The van der Waals surface area contributed by atoms with Gasteiger partial charge in [-0.2, -0.15) is 0 Å². The fourth-order valence-electron chi connectivity index (χ4n) is 3.61. The summed E-state index contributed by atoms with van der Waals surface area (Å²) in [5.74, 6) is -0.119. The van der Waals surface area contributed by atoms with Gasteiger partial charge >= 0.3 is 12.0 Å².